The second-order valence-electron chi connectivity index (χ2n) is 8.29. The van der Waals surface area contributed by atoms with Gasteiger partial charge in [-0.3, -0.25) is 9.78 Å². The van der Waals surface area contributed by atoms with Crippen molar-refractivity contribution in [1.82, 2.24) is 19.8 Å². The SMILES string of the molecule is O=C(CCN1C(=S)N[C@H](c2ccccn2)[C@H]1c1ccn(-c2ccccc2)c1)Nc1ccccc1F. The number of nitrogens with zero attached hydrogens (tertiary/aromatic N) is 3. The Labute approximate surface area is 208 Å². The van der Waals surface area contributed by atoms with E-state index in [2.05, 4.69) is 32.4 Å². The predicted molar refractivity (Wildman–Crippen MR) is 138 cm³/mol. The van der Waals surface area contributed by atoms with Crippen molar-refractivity contribution in [2.24, 2.45) is 0 Å². The van der Waals surface area contributed by atoms with Gasteiger partial charge in [0.05, 0.1) is 23.5 Å². The van der Waals surface area contributed by atoms with Gasteiger partial charge in [-0.15, -0.1) is 0 Å². The van der Waals surface area contributed by atoms with Crippen LogP contribution < -0.4 is 10.6 Å². The van der Waals surface area contributed by atoms with Crippen LogP contribution in [-0.2, 0) is 4.79 Å². The number of benzene rings is 2. The van der Waals surface area contributed by atoms with E-state index in [1.165, 1.54) is 6.07 Å². The van der Waals surface area contributed by atoms with Crippen LogP contribution in [0.25, 0.3) is 5.69 Å². The molecule has 4 aromatic rings. The molecule has 0 unspecified atom stereocenters. The molecule has 1 fully saturated rings. The highest BCUT2D eigenvalue weighted by atomic mass is 32.1. The monoisotopic (exact) mass is 485 g/mol. The van der Waals surface area contributed by atoms with Gasteiger partial charge in [-0.2, -0.15) is 0 Å². The van der Waals surface area contributed by atoms with Gasteiger partial charge in [-0.05, 0) is 60.2 Å². The summed E-state index contributed by atoms with van der Waals surface area (Å²) >= 11 is 5.69. The Kier molecular flexibility index (Phi) is 6.54. The van der Waals surface area contributed by atoms with Gasteiger partial charge in [-0.1, -0.05) is 36.4 Å². The number of thiocarbonyl (C=S) groups is 1. The quantitative estimate of drug-likeness (QED) is 0.360. The minimum absolute atomic E-state index is 0.154. The van der Waals surface area contributed by atoms with Crippen molar-refractivity contribution in [2.45, 2.75) is 18.5 Å². The number of hydrogen-bond acceptors (Lipinski definition) is 3. The number of anilines is 1. The minimum Gasteiger partial charge on any atom is -0.352 e. The second-order valence-corrected chi connectivity index (χ2v) is 8.67. The first-order chi connectivity index (χ1) is 17.1. The van der Waals surface area contributed by atoms with Crippen LogP contribution in [0.5, 0.6) is 0 Å². The van der Waals surface area contributed by atoms with E-state index in [1.807, 2.05) is 59.6 Å². The number of halogens is 1. The molecule has 5 rings (SSSR count). The van der Waals surface area contributed by atoms with E-state index >= 15 is 0 Å². The number of rotatable bonds is 7. The van der Waals surface area contributed by atoms with Crippen molar-refractivity contribution < 1.29 is 9.18 Å². The summed E-state index contributed by atoms with van der Waals surface area (Å²) < 4.78 is 16.0. The fraction of sp³-hybridized carbons (Fsp3) is 0.148. The summed E-state index contributed by atoms with van der Waals surface area (Å²) in [6.45, 7) is 0.372. The Balaban J connectivity index is 1.39. The molecule has 0 spiro atoms. The number of amides is 1. The molecule has 0 bridgehead atoms. The van der Waals surface area contributed by atoms with Crippen molar-refractivity contribution in [3.63, 3.8) is 0 Å². The summed E-state index contributed by atoms with van der Waals surface area (Å²) in [5, 5.41) is 6.60. The molecule has 8 heteroatoms. The molecular formula is C27H24FN5OS. The second kappa shape index (κ2) is 10.1. The first-order valence-electron chi connectivity index (χ1n) is 11.4. The fourth-order valence-corrected chi connectivity index (χ4v) is 4.69. The van der Waals surface area contributed by atoms with Gasteiger partial charge in [0, 0.05) is 37.2 Å². The average Bonchev–Trinajstić information content (AvgIpc) is 3.50. The third-order valence-corrected chi connectivity index (χ3v) is 6.39. The van der Waals surface area contributed by atoms with Crippen LogP contribution >= 0.6 is 12.2 Å². The third-order valence-electron chi connectivity index (χ3n) is 6.04. The van der Waals surface area contributed by atoms with Gasteiger partial charge in [0.1, 0.15) is 5.82 Å². The average molecular weight is 486 g/mol. The molecule has 2 aromatic carbocycles. The zero-order chi connectivity index (χ0) is 24.2. The number of para-hydroxylation sites is 2. The molecule has 1 saturated heterocycles. The highest BCUT2D eigenvalue weighted by Crippen LogP contribution is 2.39. The maximum absolute atomic E-state index is 14.0. The van der Waals surface area contributed by atoms with Crippen LogP contribution in [0.2, 0.25) is 0 Å². The van der Waals surface area contributed by atoms with E-state index in [-0.39, 0.29) is 30.1 Å². The van der Waals surface area contributed by atoms with Crippen LogP contribution in [-0.4, -0.2) is 32.0 Å². The van der Waals surface area contributed by atoms with Gasteiger partial charge < -0.3 is 20.1 Å². The molecule has 0 radical (unpaired) electrons. The molecule has 2 N–H and O–H groups in total. The van der Waals surface area contributed by atoms with E-state index in [1.54, 1.807) is 24.4 Å². The minimum atomic E-state index is -0.463. The van der Waals surface area contributed by atoms with Gasteiger partial charge in [-0.25, -0.2) is 4.39 Å². The normalized spacial score (nSPS) is 17.3. The van der Waals surface area contributed by atoms with Crippen LogP contribution in [0.1, 0.15) is 29.8 Å². The van der Waals surface area contributed by atoms with E-state index in [4.69, 9.17) is 12.2 Å². The van der Waals surface area contributed by atoms with Crippen molar-refractivity contribution in [1.29, 1.82) is 0 Å². The first kappa shape index (κ1) is 22.7. The predicted octanol–water partition coefficient (Wildman–Crippen LogP) is 5.01. The number of hydrogen-bond donors (Lipinski definition) is 2. The Morgan fingerprint density at radius 3 is 2.57 bits per heavy atom. The maximum atomic E-state index is 14.0. The summed E-state index contributed by atoms with van der Waals surface area (Å²) in [7, 11) is 0. The Bertz CT molecular complexity index is 1330. The molecular weight excluding hydrogens is 461 g/mol. The first-order valence-corrected chi connectivity index (χ1v) is 11.8. The van der Waals surface area contributed by atoms with E-state index in [0.717, 1.165) is 16.9 Å². The highest BCUT2D eigenvalue weighted by molar-refractivity contribution is 7.80. The molecule has 3 heterocycles. The molecule has 2 aromatic heterocycles. The lowest BCUT2D eigenvalue weighted by Crippen LogP contribution is -2.32. The van der Waals surface area contributed by atoms with Crippen molar-refractivity contribution >= 4 is 28.9 Å². The molecule has 6 nitrogen and oxygen atoms in total. The molecule has 0 saturated carbocycles. The topological polar surface area (TPSA) is 62.2 Å². The fourth-order valence-electron chi connectivity index (χ4n) is 4.36. The largest absolute Gasteiger partial charge is 0.352 e. The molecule has 2 atom stereocenters. The Hall–Kier alpha value is -4.04. The molecule has 1 aliphatic rings. The van der Waals surface area contributed by atoms with E-state index in [9.17, 15) is 9.18 Å². The number of nitrogens with one attached hydrogen (secondary N) is 2. The zero-order valence-corrected chi connectivity index (χ0v) is 19.7. The summed E-state index contributed by atoms with van der Waals surface area (Å²) in [5.74, 6) is -0.741. The smallest absolute Gasteiger partial charge is 0.226 e. The summed E-state index contributed by atoms with van der Waals surface area (Å²) in [5.41, 5.74) is 3.14. The Morgan fingerprint density at radius 2 is 1.80 bits per heavy atom. The lowest BCUT2D eigenvalue weighted by molar-refractivity contribution is -0.116. The summed E-state index contributed by atoms with van der Waals surface area (Å²) in [6.07, 6.45) is 6.01. The molecule has 1 amide bonds. The van der Waals surface area contributed by atoms with Crippen LogP contribution in [0.3, 0.4) is 0 Å². The van der Waals surface area contributed by atoms with E-state index < -0.39 is 5.82 Å². The van der Waals surface area contributed by atoms with Crippen molar-refractivity contribution in [3.8, 4) is 5.69 Å². The lowest BCUT2D eigenvalue weighted by atomic mass is 9.99. The van der Waals surface area contributed by atoms with Crippen LogP contribution in [0.4, 0.5) is 10.1 Å². The highest BCUT2D eigenvalue weighted by Gasteiger charge is 2.40. The summed E-state index contributed by atoms with van der Waals surface area (Å²) in [4.78, 5) is 19.2. The Morgan fingerprint density at radius 1 is 1.03 bits per heavy atom. The number of aromatic nitrogens is 2. The van der Waals surface area contributed by atoms with Gasteiger partial charge in [0.15, 0.2) is 5.11 Å². The molecule has 0 aliphatic carbocycles. The molecule has 176 valence electrons. The number of carbonyl (C=O) groups excluding carboxylic acids is 1. The molecule has 35 heavy (non-hydrogen) atoms. The van der Waals surface area contributed by atoms with E-state index in [0.29, 0.717) is 11.7 Å². The molecule has 1 aliphatic heterocycles. The van der Waals surface area contributed by atoms with Gasteiger partial charge >= 0.3 is 0 Å². The number of pyridine rings is 1. The zero-order valence-electron chi connectivity index (χ0n) is 18.8. The number of carbonyl (C=O) groups is 1. The van der Waals surface area contributed by atoms with Crippen molar-refractivity contribution in [2.75, 3.05) is 11.9 Å². The standard InChI is InChI=1S/C27H24FN5OS/c28-21-10-4-5-11-22(21)30-24(34)14-17-33-26(25(31-27(33)35)23-12-6-7-15-29-23)19-13-16-32(18-19)20-8-2-1-3-9-20/h1-13,15-16,18,25-26H,14,17H2,(H,30,34)(H,31,35)/t25-,26-/m1/s1. The maximum Gasteiger partial charge on any atom is 0.226 e. The van der Waals surface area contributed by atoms with Gasteiger partial charge in [0.25, 0.3) is 0 Å². The van der Waals surface area contributed by atoms with Gasteiger partial charge in [0.2, 0.25) is 5.91 Å². The van der Waals surface area contributed by atoms with Crippen LogP contribution in [0.15, 0.2) is 97.5 Å². The lowest BCUT2D eigenvalue weighted by Gasteiger charge is -2.27. The van der Waals surface area contributed by atoms with Crippen molar-refractivity contribution in [3.05, 3.63) is 115 Å². The van der Waals surface area contributed by atoms with Crippen LogP contribution in [0, 0.1) is 5.82 Å². The third kappa shape index (κ3) is 4.93. The summed E-state index contributed by atoms with van der Waals surface area (Å²) in [6, 6.07) is 23.7.